The monoisotopic (exact) mass is 225 g/mol. The molecule has 1 heteroatoms. The maximum Gasteiger partial charge on any atom is -0.00462 e. The van der Waals surface area contributed by atoms with Crippen LogP contribution in [0.2, 0.25) is 0 Å². The van der Waals surface area contributed by atoms with Crippen molar-refractivity contribution in [2.75, 3.05) is 13.1 Å². The molecule has 2 aromatic carbocycles. The first-order chi connectivity index (χ1) is 8.42. The zero-order valence-corrected chi connectivity index (χ0v) is 10.2. The molecular weight excluding hydrogens is 206 g/mol. The smallest absolute Gasteiger partial charge is 0.00462 e. The summed E-state index contributed by atoms with van der Waals surface area (Å²) >= 11 is 0. The minimum absolute atomic E-state index is 0.873. The van der Waals surface area contributed by atoms with Crippen LogP contribution in [0.15, 0.2) is 42.5 Å². The molecule has 1 N–H and O–H groups in total. The standard InChI is InChI=1S/C16H19N/c1-2-4-16-12-14(5-6-15(16)3-1)11-13-7-9-17-10-8-13/h1-6,12-13,17H,7-11H2. The van der Waals surface area contributed by atoms with Crippen molar-refractivity contribution in [1.29, 1.82) is 0 Å². The van der Waals surface area contributed by atoms with E-state index in [1.807, 2.05) is 0 Å². The minimum Gasteiger partial charge on any atom is -0.317 e. The molecule has 17 heavy (non-hydrogen) atoms. The van der Waals surface area contributed by atoms with E-state index >= 15 is 0 Å². The summed E-state index contributed by atoms with van der Waals surface area (Å²) in [7, 11) is 0. The Kier molecular flexibility index (Phi) is 3.10. The highest BCUT2D eigenvalue weighted by Gasteiger charge is 2.13. The Morgan fingerprint density at radius 3 is 2.53 bits per heavy atom. The molecule has 0 aromatic heterocycles. The Bertz CT molecular complexity index is 498. The van der Waals surface area contributed by atoms with Crippen LogP contribution in [0.1, 0.15) is 18.4 Å². The molecule has 0 radical (unpaired) electrons. The van der Waals surface area contributed by atoms with Gasteiger partial charge in [-0.1, -0.05) is 42.5 Å². The largest absolute Gasteiger partial charge is 0.317 e. The van der Waals surface area contributed by atoms with Gasteiger partial charge >= 0.3 is 0 Å². The van der Waals surface area contributed by atoms with Gasteiger partial charge < -0.3 is 5.32 Å². The van der Waals surface area contributed by atoms with Crippen LogP contribution in [-0.4, -0.2) is 13.1 Å². The van der Waals surface area contributed by atoms with E-state index in [0.29, 0.717) is 0 Å². The van der Waals surface area contributed by atoms with Gasteiger partial charge in [-0.15, -0.1) is 0 Å². The number of nitrogens with one attached hydrogen (secondary N) is 1. The molecule has 0 aliphatic carbocycles. The van der Waals surface area contributed by atoms with E-state index in [4.69, 9.17) is 0 Å². The Morgan fingerprint density at radius 2 is 1.71 bits per heavy atom. The molecule has 0 unspecified atom stereocenters. The van der Waals surface area contributed by atoms with Crippen molar-refractivity contribution in [3.63, 3.8) is 0 Å². The molecule has 0 atom stereocenters. The summed E-state index contributed by atoms with van der Waals surface area (Å²) in [4.78, 5) is 0. The van der Waals surface area contributed by atoms with Gasteiger partial charge in [0, 0.05) is 0 Å². The van der Waals surface area contributed by atoms with E-state index in [1.54, 1.807) is 0 Å². The minimum atomic E-state index is 0.873. The first-order valence-electron chi connectivity index (χ1n) is 6.60. The summed E-state index contributed by atoms with van der Waals surface area (Å²) in [5.41, 5.74) is 1.50. The van der Waals surface area contributed by atoms with Crippen molar-refractivity contribution in [3.8, 4) is 0 Å². The SMILES string of the molecule is c1ccc2cc(CC3CCNCC3)ccc2c1. The lowest BCUT2D eigenvalue weighted by Crippen LogP contribution is -2.28. The topological polar surface area (TPSA) is 12.0 Å². The van der Waals surface area contributed by atoms with Gasteiger partial charge in [0.15, 0.2) is 0 Å². The number of hydrogen-bond donors (Lipinski definition) is 1. The number of piperidine rings is 1. The molecule has 1 saturated heterocycles. The Labute approximate surface area is 103 Å². The van der Waals surface area contributed by atoms with E-state index < -0.39 is 0 Å². The van der Waals surface area contributed by atoms with Gasteiger partial charge in [-0.3, -0.25) is 0 Å². The van der Waals surface area contributed by atoms with E-state index in [-0.39, 0.29) is 0 Å². The molecule has 0 bridgehead atoms. The van der Waals surface area contributed by atoms with Crippen molar-refractivity contribution in [1.82, 2.24) is 5.32 Å². The normalized spacial score (nSPS) is 17.4. The quantitative estimate of drug-likeness (QED) is 0.826. The fourth-order valence-electron chi connectivity index (χ4n) is 2.78. The highest BCUT2D eigenvalue weighted by Crippen LogP contribution is 2.21. The molecule has 1 fully saturated rings. The van der Waals surface area contributed by atoms with Crippen LogP contribution in [0, 0.1) is 5.92 Å². The molecule has 1 nitrogen and oxygen atoms in total. The fraction of sp³-hybridized carbons (Fsp3) is 0.375. The van der Waals surface area contributed by atoms with Crippen LogP contribution in [0.25, 0.3) is 10.8 Å². The van der Waals surface area contributed by atoms with Gasteiger partial charge in [-0.25, -0.2) is 0 Å². The first-order valence-corrected chi connectivity index (χ1v) is 6.60. The second-order valence-corrected chi connectivity index (χ2v) is 5.08. The van der Waals surface area contributed by atoms with E-state index in [2.05, 4.69) is 47.8 Å². The highest BCUT2D eigenvalue weighted by molar-refractivity contribution is 5.82. The van der Waals surface area contributed by atoms with Crippen LogP contribution in [0.4, 0.5) is 0 Å². The molecule has 88 valence electrons. The molecule has 0 saturated carbocycles. The lowest BCUT2D eigenvalue weighted by molar-refractivity contribution is 0.373. The first kappa shape index (κ1) is 10.8. The van der Waals surface area contributed by atoms with E-state index in [0.717, 1.165) is 5.92 Å². The molecular formula is C16H19N. The van der Waals surface area contributed by atoms with Gasteiger partial charge in [0.1, 0.15) is 0 Å². The molecule has 1 aliphatic heterocycles. The van der Waals surface area contributed by atoms with Crippen LogP contribution in [0.5, 0.6) is 0 Å². The van der Waals surface area contributed by atoms with E-state index in [1.165, 1.54) is 48.7 Å². The maximum absolute atomic E-state index is 3.43. The summed E-state index contributed by atoms with van der Waals surface area (Å²) in [5.74, 6) is 0.873. The van der Waals surface area contributed by atoms with Gasteiger partial charge in [0.05, 0.1) is 0 Å². The average molecular weight is 225 g/mol. The zero-order valence-electron chi connectivity index (χ0n) is 10.2. The number of benzene rings is 2. The van der Waals surface area contributed by atoms with E-state index in [9.17, 15) is 0 Å². The second-order valence-electron chi connectivity index (χ2n) is 5.08. The molecule has 1 heterocycles. The predicted octanol–water partition coefficient (Wildman–Crippen LogP) is 3.38. The lowest BCUT2D eigenvalue weighted by atomic mass is 9.90. The third-order valence-electron chi connectivity index (χ3n) is 3.80. The van der Waals surface area contributed by atoms with Gasteiger partial charge in [-0.05, 0) is 54.6 Å². The number of rotatable bonds is 2. The summed E-state index contributed by atoms with van der Waals surface area (Å²) in [6, 6.07) is 15.5. The summed E-state index contributed by atoms with van der Waals surface area (Å²) in [5, 5.41) is 6.15. The summed E-state index contributed by atoms with van der Waals surface area (Å²) < 4.78 is 0. The van der Waals surface area contributed by atoms with Crippen LogP contribution < -0.4 is 5.32 Å². The van der Waals surface area contributed by atoms with Crippen molar-refractivity contribution in [2.45, 2.75) is 19.3 Å². The van der Waals surface area contributed by atoms with Crippen molar-refractivity contribution < 1.29 is 0 Å². The molecule has 0 amide bonds. The maximum atomic E-state index is 3.43. The molecule has 3 rings (SSSR count). The number of fused-ring (bicyclic) bond motifs is 1. The van der Waals surface area contributed by atoms with Crippen molar-refractivity contribution >= 4 is 10.8 Å². The number of hydrogen-bond acceptors (Lipinski definition) is 1. The third-order valence-corrected chi connectivity index (χ3v) is 3.80. The highest BCUT2D eigenvalue weighted by atomic mass is 14.9. The van der Waals surface area contributed by atoms with Crippen molar-refractivity contribution in [2.24, 2.45) is 5.92 Å². The van der Waals surface area contributed by atoms with Gasteiger partial charge in [0.25, 0.3) is 0 Å². The van der Waals surface area contributed by atoms with Gasteiger partial charge in [0.2, 0.25) is 0 Å². The molecule has 2 aromatic rings. The summed E-state index contributed by atoms with van der Waals surface area (Å²) in [6.07, 6.45) is 3.90. The van der Waals surface area contributed by atoms with Gasteiger partial charge in [-0.2, -0.15) is 0 Å². The summed E-state index contributed by atoms with van der Waals surface area (Å²) in [6.45, 7) is 2.39. The van der Waals surface area contributed by atoms with Crippen LogP contribution in [0.3, 0.4) is 0 Å². The second kappa shape index (κ2) is 4.89. The third kappa shape index (κ3) is 2.50. The Balaban J connectivity index is 1.80. The zero-order chi connectivity index (χ0) is 11.5. The average Bonchev–Trinajstić information content (AvgIpc) is 2.40. The fourth-order valence-corrected chi connectivity index (χ4v) is 2.78. The van der Waals surface area contributed by atoms with Crippen molar-refractivity contribution in [3.05, 3.63) is 48.0 Å². The van der Waals surface area contributed by atoms with Crippen LogP contribution in [-0.2, 0) is 6.42 Å². The molecule has 0 spiro atoms. The molecule has 1 aliphatic rings. The lowest BCUT2D eigenvalue weighted by Gasteiger charge is -2.22. The Morgan fingerprint density at radius 1 is 0.941 bits per heavy atom. The Hall–Kier alpha value is -1.34. The predicted molar refractivity (Wildman–Crippen MR) is 73.2 cm³/mol. The van der Waals surface area contributed by atoms with Crippen LogP contribution >= 0.6 is 0 Å².